The minimum atomic E-state index is -3.35. The molecule has 5 nitrogen and oxygen atoms in total. The highest BCUT2D eigenvalue weighted by molar-refractivity contribution is 7.53. The average molecular weight is 254 g/mol. The highest BCUT2D eigenvalue weighted by atomic mass is 31.2. The zero-order chi connectivity index (χ0) is 12.9. The van der Waals surface area contributed by atoms with Crippen LogP contribution in [-0.2, 0) is 13.6 Å². The lowest BCUT2D eigenvalue weighted by molar-refractivity contribution is 0.0377. The quantitative estimate of drug-likeness (QED) is 0.677. The van der Waals surface area contributed by atoms with Gasteiger partial charge in [-0.1, -0.05) is 0 Å². The summed E-state index contributed by atoms with van der Waals surface area (Å²) in [5, 5.41) is 18.7. The summed E-state index contributed by atoms with van der Waals surface area (Å²) in [6, 6.07) is 0. The molecule has 0 amide bonds. The second-order valence-corrected chi connectivity index (χ2v) is 6.42. The zero-order valence-corrected chi connectivity index (χ0v) is 11.5. The number of hydrogen-bond donors (Lipinski definition) is 2. The van der Waals surface area contributed by atoms with E-state index in [9.17, 15) is 14.8 Å². The summed E-state index contributed by atoms with van der Waals surface area (Å²) < 4.78 is 22.7. The van der Waals surface area contributed by atoms with Gasteiger partial charge in [-0.05, 0) is 34.6 Å². The first-order valence-electron chi connectivity index (χ1n) is 5.48. The van der Waals surface area contributed by atoms with Gasteiger partial charge < -0.3 is 19.3 Å². The molecule has 0 saturated carbocycles. The first-order valence-corrected chi connectivity index (χ1v) is 7.21. The fraction of sp³-hybridized carbons (Fsp3) is 1.00. The SMILES string of the molecule is CC(C)OP(=O)(CC(O)C(C)O)OC(C)C. The average Bonchev–Trinajstić information content (AvgIpc) is 1.98. The van der Waals surface area contributed by atoms with E-state index in [1.807, 2.05) is 0 Å². The van der Waals surface area contributed by atoms with E-state index in [4.69, 9.17) is 9.05 Å². The van der Waals surface area contributed by atoms with Crippen molar-refractivity contribution in [1.29, 1.82) is 0 Å². The maximum Gasteiger partial charge on any atom is 0.333 e. The van der Waals surface area contributed by atoms with E-state index in [1.54, 1.807) is 27.7 Å². The van der Waals surface area contributed by atoms with Crippen LogP contribution in [0.2, 0.25) is 0 Å². The molecule has 6 heteroatoms. The van der Waals surface area contributed by atoms with E-state index in [0.717, 1.165) is 0 Å². The fourth-order valence-electron chi connectivity index (χ4n) is 1.13. The smallest absolute Gasteiger partial charge is 0.333 e. The van der Waals surface area contributed by atoms with Gasteiger partial charge in [0, 0.05) is 0 Å². The van der Waals surface area contributed by atoms with Crippen molar-refractivity contribution in [2.24, 2.45) is 0 Å². The molecule has 0 aliphatic carbocycles. The summed E-state index contributed by atoms with van der Waals surface area (Å²) in [4.78, 5) is 0. The Bertz CT molecular complexity index is 225. The topological polar surface area (TPSA) is 76.0 Å². The van der Waals surface area contributed by atoms with Crippen molar-refractivity contribution < 1.29 is 23.8 Å². The Morgan fingerprint density at radius 2 is 1.38 bits per heavy atom. The van der Waals surface area contributed by atoms with E-state index in [-0.39, 0.29) is 18.4 Å². The highest BCUT2D eigenvalue weighted by Crippen LogP contribution is 2.51. The Balaban J connectivity index is 4.59. The molecule has 16 heavy (non-hydrogen) atoms. The molecule has 0 aromatic carbocycles. The number of aliphatic hydroxyl groups is 2. The Morgan fingerprint density at radius 3 is 1.62 bits per heavy atom. The molecule has 98 valence electrons. The Morgan fingerprint density at radius 1 is 1.00 bits per heavy atom. The van der Waals surface area contributed by atoms with Gasteiger partial charge in [0.2, 0.25) is 0 Å². The molecular weight excluding hydrogens is 231 g/mol. The molecule has 0 spiro atoms. The molecule has 0 bridgehead atoms. The summed E-state index contributed by atoms with van der Waals surface area (Å²) in [6.07, 6.45) is -2.78. The molecule has 2 N–H and O–H groups in total. The van der Waals surface area contributed by atoms with Crippen LogP contribution in [0.1, 0.15) is 34.6 Å². The first-order chi connectivity index (χ1) is 7.16. The Kier molecular flexibility index (Phi) is 6.75. The summed E-state index contributed by atoms with van der Waals surface area (Å²) in [7, 11) is -3.35. The third-order valence-electron chi connectivity index (χ3n) is 1.71. The van der Waals surface area contributed by atoms with Gasteiger partial charge in [0.1, 0.15) is 0 Å². The summed E-state index contributed by atoms with van der Waals surface area (Å²) in [5.74, 6) is 0. The van der Waals surface area contributed by atoms with Crippen molar-refractivity contribution in [3.63, 3.8) is 0 Å². The normalized spacial score (nSPS) is 16.8. The van der Waals surface area contributed by atoms with Gasteiger partial charge in [0.25, 0.3) is 0 Å². The first kappa shape index (κ1) is 16.1. The molecule has 0 radical (unpaired) electrons. The van der Waals surface area contributed by atoms with Crippen molar-refractivity contribution in [2.75, 3.05) is 6.16 Å². The van der Waals surface area contributed by atoms with Crippen LogP contribution in [0.25, 0.3) is 0 Å². The highest BCUT2D eigenvalue weighted by Gasteiger charge is 2.32. The van der Waals surface area contributed by atoms with Gasteiger partial charge in [-0.15, -0.1) is 0 Å². The van der Waals surface area contributed by atoms with Crippen LogP contribution in [0.4, 0.5) is 0 Å². The number of hydrogen-bond acceptors (Lipinski definition) is 5. The molecule has 0 aliphatic heterocycles. The number of aliphatic hydroxyl groups excluding tert-OH is 2. The fourth-order valence-corrected chi connectivity index (χ4v) is 3.40. The lowest BCUT2D eigenvalue weighted by Crippen LogP contribution is -2.28. The second kappa shape index (κ2) is 6.72. The monoisotopic (exact) mass is 254 g/mol. The molecule has 0 aliphatic rings. The molecule has 0 saturated heterocycles. The number of rotatable bonds is 7. The molecule has 0 aromatic heterocycles. The van der Waals surface area contributed by atoms with Gasteiger partial charge in [-0.2, -0.15) is 0 Å². The van der Waals surface area contributed by atoms with Crippen molar-refractivity contribution in [3.8, 4) is 0 Å². The lowest BCUT2D eigenvalue weighted by Gasteiger charge is -2.25. The molecule has 0 aromatic rings. The maximum atomic E-state index is 12.2. The van der Waals surface area contributed by atoms with Gasteiger partial charge in [-0.25, -0.2) is 0 Å². The van der Waals surface area contributed by atoms with Crippen LogP contribution in [0.15, 0.2) is 0 Å². The van der Waals surface area contributed by atoms with Crippen LogP contribution in [0, 0.1) is 0 Å². The maximum absolute atomic E-state index is 12.2. The third-order valence-corrected chi connectivity index (χ3v) is 4.02. The largest absolute Gasteiger partial charge is 0.391 e. The van der Waals surface area contributed by atoms with Crippen molar-refractivity contribution in [1.82, 2.24) is 0 Å². The Labute approximate surface area is 97.3 Å². The van der Waals surface area contributed by atoms with E-state index in [0.29, 0.717) is 0 Å². The summed E-state index contributed by atoms with van der Waals surface area (Å²) >= 11 is 0. The van der Waals surface area contributed by atoms with Crippen LogP contribution in [0.5, 0.6) is 0 Å². The van der Waals surface area contributed by atoms with E-state index in [1.165, 1.54) is 6.92 Å². The third kappa shape index (κ3) is 6.61. The zero-order valence-electron chi connectivity index (χ0n) is 10.6. The van der Waals surface area contributed by atoms with E-state index >= 15 is 0 Å². The van der Waals surface area contributed by atoms with Gasteiger partial charge >= 0.3 is 7.60 Å². The molecule has 2 atom stereocenters. The summed E-state index contributed by atoms with van der Waals surface area (Å²) in [6.45, 7) is 8.39. The molecule has 0 heterocycles. The van der Waals surface area contributed by atoms with Gasteiger partial charge in [0.15, 0.2) is 0 Å². The second-order valence-electron chi connectivity index (χ2n) is 4.41. The summed E-state index contributed by atoms with van der Waals surface area (Å²) in [5.41, 5.74) is 0. The molecular formula is C10H23O5P. The minimum Gasteiger partial charge on any atom is -0.391 e. The van der Waals surface area contributed by atoms with Crippen molar-refractivity contribution in [2.45, 2.75) is 59.0 Å². The predicted molar refractivity (Wildman–Crippen MR) is 62.6 cm³/mol. The van der Waals surface area contributed by atoms with Crippen LogP contribution >= 0.6 is 7.60 Å². The van der Waals surface area contributed by atoms with E-state index in [2.05, 4.69) is 0 Å². The van der Waals surface area contributed by atoms with Crippen LogP contribution < -0.4 is 0 Å². The van der Waals surface area contributed by atoms with Crippen LogP contribution in [-0.4, -0.2) is 40.8 Å². The van der Waals surface area contributed by atoms with Crippen molar-refractivity contribution in [3.05, 3.63) is 0 Å². The molecule has 0 rings (SSSR count). The van der Waals surface area contributed by atoms with Crippen molar-refractivity contribution >= 4 is 7.60 Å². The standard InChI is InChI=1S/C10H23O5P/c1-7(2)14-16(13,15-8(3)4)6-10(12)9(5)11/h7-12H,6H2,1-5H3. The van der Waals surface area contributed by atoms with Gasteiger partial charge in [-0.3, -0.25) is 4.57 Å². The lowest BCUT2D eigenvalue weighted by atomic mass is 10.3. The Hall–Kier alpha value is 0.0700. The molecule has 0 fully saturated rings. The van der Waals surface area contributed by atoms with Gasteiger partial charge in [0.05, 0.1) is 30.6 Å². The predicted octanol–water partition coefficient (Wildman–Crippen LogP) is 1.77. The van der Waals surface area contributed by atoms with Crippen LogP contribution in [0.3, 0.4) is 0 Å². The minimum absolute atomic E-state index is 0.193. The molecule has 2 unspecified atom stereocenters. The van der Waals surface area contributed by atoms with E-state index < -0.39 is 19.8 Å².